The number of para-hydroxylation sites is 1. The molecule has 2 amide bonds. The summed E-state index contributed by atoms with van der Waals surface area (Å²) < 4.78 is 0. The average molecular weight is 413 g/mol. The highest BCUT2D eigenvalue weighted by atomic mass is 16.2. The Labute approximate surface area is 180 Å². The van der Waals surface area contributed by atoms with Gasteiger partial charge in [0.15, 0.2) is 5.82 Å². The van der Waals surface area contributed by atoms with Crippen LogP contribution >= 0.6 is 0 Å². The summed E-state index contributed by atoms with van der Waals surface area (Å²) in [5, 5.41) is 15.2. The fraction of sp³-hybridized carbons (Fsp3) is 0.217. The number of nitriles is 1. The number of benzene rings is 2. The molecule has 1 aliphatic heterocycles. The SMILES string of the molecule is N#Cc1c(N)ncnc1N1CCCC(c2cccc(NC(=O)Nc3ccccc3)c2)C1. The topological polar surface area (TPSA) is 120 Å². The molecule has 3 aromatic rings. The van der Waals surface area contributed by atoms with E-state index in [0.717, 1.165) is 36.3 Å². The van der Waals surface area contributed by atoms with Gasteiger partial charge in [-0.25, -0.2) is 14.8 Å². The molecule has 0 spiro atoms. The number of anilines is 4. The summed E-state index contributed by atoms with van der Waals surface area (Å²) >= 11 is 0. The molecule has 4 N–H and O–H groups in total. The second-order valence-corrected chi connectivity index (χ2v) is 7.43. The molecule has 0 radical (unpaired) electrons. The fourth-order valence-electron chi connectivity index (χ4n) is 3.86. The lowest BCUT2D eigenvalue weighted by Gasteiger charge is -2.34. The number of hydrogen-bond acceptors (Lipinski definition) is 6. The molecular weight excluding hydrogens is 390 g/mol. The van der Waals surface area contributed by atoms with Crippen LogP contribution in [0.5, 0.6) is 0 Å². The lowest BCUT2D eigenvalue weighted by molar-refractivity contribution is 0.262. The van der Waals surface area contributed by atoms with E-state index in [9.17, 15) is 10.1 Å². The monoisotopic (exact) mass is 413 g/mol. The summed E-state index contributed by atoms with van der Waals surface area (Å²) in [6.45, 7) is 1.52. The van der Waals surface area contributed by atoms with Crippen molar-refractivity contribution >= 4 is 29.0 Å². The van der Waals surface area contributed by atoms with Gasteiger partial charge in [-0.15, -0.1) is 0 Å². The first kappa shape index (κ1) is 20.2. The van der Waals surface area contributed by atoms with Crippen molar-refractivity contribution < 1.29 is 4.79 Å². The summed E-state index contributed by atoms with van der Waals surface area (Å²) in [6.07, 6.45) is 3.37. The van der Waals surface area contributed by atoms with Crippen LogP contribution in [0.1, 0.15) is 29.9 Å². The van der Waals surface area contributed by atoms with Crippen molar-refractivity contribution in [2.24, 2.45) is 0 Å². The van der Waals surface area contributed by atoms with Gasteiger partial charge in [0.2, 0.25) is 0 Å². The number of nitrogens with one attached hydrogen (secondary N) is 2. The molecule has 1 unspecified atom stereocenters. The number of nitrogens with two attached hydrogens (primary N) is 1. The van der Waals surface area contributed by atoms with Crippen molar-refractivity contribution in [2.75, 3.05) is 34.4 Å². The van der Waals surface area contributed by atoms with Crippen LogP contribution in [0.15, 0.2) is 60.9 Å². The molecule has 31 heavy (non-hydrogen) atoms. The third-order valence-corrected chi connectivity index (χ3v) is 5.34. The van der Waals surface area contributed by atoms with Crippen LogP contribution in [0.25, 0.3) is 0 Å². The maximum atomic E-state index is 12.3. The smallest absolute Gasteiger partial charge is 0.323 e. The summed E-state index contributed by atoms with van der Waals surface area (Å²) in [4.78, 5) is 22.6. The highest BCUT2D eigenvalue weighted by Gasteiger charge is 2.25. The van der Waals surface area contributed by atoms with E-state index < -0.39 is 0 Å². The number of hydrogen-bond donors (Lipinski definition) is 3. The van der Waals surface area contributed by atoms with Crippen molar-refractivity contribution in [3.8, 4) is 6.07 Å². The zero-order valence-corrected chi connectivity index (χ0v) is 17.0. The van der Waals surface area contributed by atoms with Gasteiger partial charge in [0.25, 0.3) is 0 Å². The number of piperidine rings is 1. The zero-order valence-electron chi connectivity index (χ0n) is 17.0. The van der Waals surface area contributed by atoms with E-state index in [-0.39, 0.29) is 17.8 Å². The maximum Gasteiger partial charge on any atom is 0.323 e. The zero-order chi connectivity index (χ0) is 21.6. The maximum absolute atomic E-state index is 12.3. The van der Waals surface area contributed by atoms with Crippen LogP contribution in [0.2, 0.25) is 0 Å². The molecule has 1 fully saturated rings. The Morgan fingerprint density at radius 2 is 1.87 bits per heavy atom. The number of carbonyl (C=O) groups excluding carboxylic acids is 1. The van der Waals surface area contributed by atoms with Crippen molar-refractivity contribution in [1.29, 1.82) is 5.26 Å². The van der Waals surface area contributed by atoms with Gasteiger partial charge in [-0.3, -0.25) is 0 Å². The molecular formula is C23H23N7O. The summed E-state index contributed by atoms with van der Waals surface area (Å²) in [6, 6.07) is 19.0. The van der Waals surface area contributed by atoms with E-state index in [1.54, 1.807) is 0 Å². The molecule has 0 aliphatic carbocycles. The van der Waals surface area contributed by atoms with E-state index in [1.165, 1.54) is 6.33 Å². The standard InChI is InChI=1S/C23H23N7O/c24-13-20-21(25)26-15-27-22(20)30-11-5-7-17(14-30)16-6-4-10-19(12-16)29-23(31)28-18-8-2-1-3-9-18/h1-4,6,8-10,12,15,17H,5,7,11,14H2,(H2,25,26,27)(H2,28,29,31). The van der Waals surface area contributed by atoms with E-state index >= 15 is 0 Å². The van der Waals surface area contributed by atoms with Crippen molar-refractivity contribution in [2.45, 2.75) is 18.8 Å². The highest BCUT2D eigenvalue weighted by molar-refractivity contribution is 5.99. The molecule has 2 heterocycles. The number of nitrogens with zero attached hydrogens (tertiary/aromatic N) is 4. The van der Waals surface area contributed by atoms with Gasteiger partial charge in [0.1, 0.15) is 23.8 Å². The molecule has 1 aromatic heterocycles. The van der Waals surface area contributed by atoms with Gasteiger partial charge < -0.3 is 21.3 Å². The molecule has 156 valence electrons. The van der Waals surface area contributed by atoms with E-state index in [2.05, 4.69) is 37.6 Å². The summed E-state index contributed by atoms with van der Waals surface area (Å²) in [5.41, 5.74) is 8.76. The van der Waals surface area contributed by atoms with Crippen LogP contribution in [0.4, 0.5) is 27.8 Å². The molecule has 1 saturated heterocycles. The predicted molar refractivity (Wildman–Crippen MR) is 121 cm³/mol. The normalized spacial score (nSPS) is 15.7. The van der Waals surface area contributed by atoms with Gasteiger partial charge >= 0.3 is 6.03 Å². The summed E-state index contributed by atoms with van der Waals surface area (Å²) in [7, 11) is 0. The van der Waals surface area contributed by atoms with Gasteiger partial charge in [-0.2, -0.15) is 5.26 Å². The highest BCUT2D eigenvalue weighted by Crippen LogP contribution is 2.32. The van der Waals surface area contributed by atoms with Crippen LogP contribution in [-0.4, -0.2) is 29.1 Å². The molecule has 8 nitrogen and oxygen atoms in total. The average Bonchev–Trinajstić information content (AvgIpc) is 2.80. The lowest BCUT2D eigenvalue weighted by atomic mass is 9.90. The van der Waals surface area contributed by atoms with E-state index in [0.29, 0.717) is 17.9 Å². The minimum atomic E-state index is -0.288. The Morgan fingerprint density at radius 1 is 1.10 bits per heavy atom. The molecule has 0 bridgehead atoms. The molecule has 2 aromatic carbocycles. The number of rotatable bonds is 4. The largest absolute Gasteiger partial charge is 0.382 e. The fourth-order valence-corrected chi connectivity index (χ4v) is 3.86. The van der Waals surface area contributed by atoms with Crippen LogP contribution < -0.4 is 21.3 Å². The first-order valence-electron chi connectivity index (χ1n) is 10.1. The first-order chi connectivity index (χ1) is 15.1. The Hall–Kier alpha value is -4.12. The predicted octanol–water partition coefficient (Wildman–Crippen LogP) is 3.96. The summed E-state index contributed by atoms with van der Waals surface area (Å²) in [5.74, 6) is 1.02. The van der Waals surface area contributed by atoms with Gasteiger partial charge in [-0.1, -0.05) is 30.3 Å². The van der Waals surface area contributed by atoms with Crippen molar-refractivity contribution in [1.82, 2.24) is 9.97 Å². The minimum absolute atomic E-state index is 0.199. The molecule has 0 saturated carbocycles. The molecule has 1 aliphatic rings. The number of aromatic nitrogens is 2. The number of urea groups is 1. The van der Waals surface area contributed by atoms with Gasteiger partial charge in [0.05, 0.1) is 0 Å². The third-order valence-electron chi connectivity index (χ3n) is 5.34. The second-order valence-electron chi connectivity index (χ2n) is 7.43. The number of amides is 2. The van der Waals surface area contributed by atoms with E-state index in [4.69, 9.17) is 5.73 Å². The Balaban J connectivity index is 1.47. The lowest BCUT2D eigenvalue weighted by Crippen LogP contribution is -2.35. The second kappa shape index (κ2) is 9.13. The van der Waals surface area contributed by atoms with E-state index in [1.807, 2.05) is 48.5 Å². The number of nitrogen functional groups attached to an aromatic ring is 1. The Morgan fingerprint density at radius 3 is 2.68 bits per heavy atom. The van der Waals surface area contributed by atoms with Crippen molar-refractivity contribution in [3.05, 3.63) is 72.1 Å². The molecule has 1 atom stereocenters. The Bertz CT molecular complexity index is 1110. The molecule has 4 rings (SSSR count). The molecule has 8 heteroatoms. The van der Waals surface area contributed by atoms with Crippen LogP contribution in [0.3, 0.4) is 0 Å². The van der Waals surface area contributed by atoms with Gasteiger partial charge in [-0.05, 0) is 42.7 Å². The Kier molecular flexibility index (Phi) is 5.94. The minimum Gasteiger partial charge on any atom is -0.382 e. The third kappa shape index (κ3) is 4.73. The first-order valence-corrected chi connectivity index (χ1v) is 10.1. The number of carbonyl (C=O) groups is 1. The van der Waals surface area contributed by atoms with Crippen LogP contribution in [-0.2, 0) is 0 Å². The quantitative estimate of drug-likeness (QED) is 0.595. The van der Waals surface area contributed by atoms with Gasteiger partial charge in [0, 0.05) is 30.4 Å². The van der Waals surface area contributed by atoms with Crippen molar-refractivity contribution in [3.63, 3.8) is 0 Å². The van der Waals surface area contributed by atoms with Crippen LogP contribution in [0, 0.1) is 11.3 Å².